The number of nitrogens with zero attached hydrogens (tertiary/aromatic N) is 1. The normalized spacial score (nSPS) is 13.8. The van der Waals surface area contributed by atoms with E-state index in [9.17, 15) is 5.11 Å². The molecule has 1 rings (SSSR count). The van der Waals surface area contributed by atoms with Crippen LogP contribution in [0.25, 0.3) is 0 Å². The Morgan fingerprint density at radius 1 is 1.32 bits per heavy atom. The maximum atomic E-state index is 10.0. The Morgan fingerprint density at radius 2 is 1.95 bits per heavy atom. The second-order valence-corrected chi connectivity index (χ2v) is 6.07. The molecule has 3 nitrogen and oxygen atoms in total. The van der Waals surface area contributed by atoms with Crippen LogP contribution in [0.3, 0.4) is 0 Å². The van der Waals surface area contributed by atoms with Gasteiger partial charge in [0.15, 0.2) is 0 Å². The van der Waals surface area contributed by atoms with Crippen LogP contribution in [0.15, 0.2) is 24.3 Å². The maximum absolute atomic E-state index is 10.0. The van der Waals surface area contributed by atoms with Gasteiger partial charge in [-0.3, -0.25) is 4.90 Å². The van der Waals surface area contributed by atoms with Crippen molar-refractivity contribution in [3.63, 3.8) is 0 Å². The second kappa shape index (κ2) is 6.92. The molecule has 0 aliphatic rings. The first-order valence-corrected chi connectivity index (χ1v) is 7.13. The lowest BCUT2D eigenvalue weighted by atomic mass is 9.91. The number of hydrogen-bond acceptors (Lipinski definition) is 3. The molecule has 1 aromatic carbocycles. The lowest BCUT2D eigenvalue weighted by molar-refractivity contribution is 0.139. The highest BCUT2D eigenvalue weighted by Gasteiger charge is 2.24. The molecule has 0 saturated carbocycles. The quantitative estimate of drug-likeness (QED) is 0.795. The first kappa shape index (κ1) is 16.0. The number of rotatable bonds is 7. The number of phenols is 1. The summed E-state index contributed by atoms with van der Waals surface area (Å²) in [6.07, 6.45) is 1.10. The van der Waals surface area contributed by atoms with E-state index in [-0.39, 0.29) is 11.5 Å². The molecule has 0 spiro atoms. The highest BCUT2D eigenvalue weighted by molar-refractivity contribution is 5.34. The maximum Gasteiger partial charge on any atom is 0.120 e. The van der Waals surface area contributed by atoms with Crippen LogP contribution in [-0.2, 0) is 0 Å². The van der Waals surface area contributed by atoms with Crippen LogP contribution in [0.5, 0.6) is 5.75 Å². The fourth-order valence-electron chi connectivity index (χ4n) is 2.35. The average Bonchev–Trinajstić information content (AvgIpc) is 2.38. The minimum Gasteiger partial charge on any atom is -0.508 e. The zero-order chi connectivity index (χ0) is 14.5. The van der Waals surface area contributed by atoms with Crippen molar-refractivity contribution in [3.8, 4) is 5.75 Å². The number of hydrogen-bond donors (Lipinski definition) is 2. The fourth-order valence-corrected chi connectivity index (χ4v) is 2.35. The van der Waals surface area contributed by atoms with Crippen molar-refractivity contribution < 1.29 is 5.11 Å². The lowest BCUT2D eigenvalue weighted by Gasteiger charge is -2.36. The number of benzene rings is 1. The van der Waals surface area contributed by atoms with E-state index in [0.29, 0.717) is 12.3 Å². The molecule has 0 aromatic heterocycles. The first-order valence-electron chi connectivity index (χ1n) is 7.13. The van der Waals surface area contributed by atoms with Gasteiger partial charge in [0, 0.05) is 18.2 Å². The molecule has 0 bridgehead atoms. The van der Waals surface area contributed by atoms with Crippen molar-refractivity contribution in [2.75, 3.05) is 19.6 Å². The second-order valence-electron chi connectivity index (χ2n) is 6.07. The van der Waals surface area contributed by atoms with Crippen LogP contribution in [-0.4, -0.2) is 29.6 Å². The van der Waals surface area contributed by atoms with Crippen LogP contribution in [0.1, 0.15) is 45.7 Å². The monoisotopic (exact) mass is 264 g/mol. The van der Waals surface area contributed by atoms with Crippen molar-refractivity contribution in [3.05, 3.63) is 29.8 Å². The van der Waals surface area contributed by atoms with E-state index in [1.807, 2.05) is 18.2 Å². The first-order chi connectivity index (χ1) is 8.91. The van der Waals surface area contributed by atoms with Gasteiger partial charge in [-0.25, -0.2) is 0 Å². The number of para-hydroxylation sites is 1. The van der Waals surface area contributed by atoms with Gasteiger partial charge >= 0.3 is 0 Å². The van der Waals surface area contributed by atoms with Gasteiger partial charge in [-0.05, 0) is 37.9 Å². The van der Waals surface area contributed by atoms with Crippen LogP contribution in [0.2, 0.25) is 0 Å². The summed E-state index contributed by atoms with van der Waals surface area (Å²) in [5.74, 6) is 0.377. The molecule has 0 fully saturated rings. The number of nitrogens with two attached hydrogens (primary N) is 1. The molecule has 0 aliphatic heterocycles. The van der Waals surface area contributed by atoms with Crippen LogP contribution in [0.4, 0.5) is 0 Å². The summed E-state index contributed by atoms with van der Waals surface area (Å²) < 4.78 is 0. The van der Waals surface area contributed by atoms with Crippen molar-refractivity contribution in [2.45, 2.75) is 40.2 Å². The Balaban J connectivity index is 2.90. The highest BCUT2D eigenvalue weighted by atomic mass is 16.3. The predicted octanol–water partition coefficient (Wildman–Crippen LogP) is 3.15. The standard InChI is InChI=1S/C16H28N2O/c1-5-10-18(12-16(3,4)11-17)13(2)14-8-6-7-9-15(14)19/h6-9,13,19H,5,10-12,17H2,1-4H3. The van der Waals surface area contributed by atoms with Gasteiger partial charge in [-0.1, -0.05) is 39.0 Å². The average molecular weight is 264 g/mol. The molecule has 0 amide bonds. The lowest BCUT2D eigenvalue weighted by Crippen LogP contribution is -2.40. The van der Waals surface area contributed by atoms with E-state index in [4.69, 9.17) is 5.73 Å². The molecule has 1 aromatic rings. The Kier molecular flexibility index (Phi) is 5.83. The minimum absolute atomic E-state index is 0.0911. The van der Waals surface area contributed by atoms with Gasteiger partial charge < -0.3 is 10.8 Å². The molecule has 0 aliphatic carbocycles. The third-order valence-electron chi connectivity index (χ3n) is 3.63. The van der Waals surface area contributed by atoms with Gasteiger partial charge in [0.05, 0.1) is 0 Å². The Labute approximate surface area is 117 Å². The number of aromatic hydroxyl groups is 1. The summed E-state index contributed by atoms with van der Waals surface area (Å²) in [6.45, 7) is 11.3. The zero-order valence-corrected chi connectivity index (χ0v) is 12.7. The van der Waals surface area contributed by atoms with Crippen LogP contribution >= 0.6 is 0 Å². The summed E-state index contributed by atoms with van der Waals surface area (Å²) in [7, 11) is 0. The molecule has 1 atom stereocenters. The summed E-state index contributed by atoms with van der Waals surface area (Å²) in [5, 5.41) is 10.0. The van der Waals surface area contributed by atoms with Gasteiger partial charge in [0.1, 0.15) is 5.75 Å². The molecular weight excluding hydrogens is 236 g/mol. The predicted molar refractivity (Wildman–Crippen MR) is 81.2 cm³/mol. The fraction of sp³-hybridized carbons (Fsp3) is 0.625. The molecule has 0 radical (unpaired) electrons. The van der Waals surface area contributed by atoms with Crippen molar-refractivity contribution >= 4 is 0 Å². The van der Waals surface area contributed by atoms with Gasteiger partial charge in [0.25, 0.3) is 0 Å². The van der Waals surface area contributed by atoms with Crippen molar-refractivity contribution in [2.24, 2.45) is 11.1 Å². The van der Waals surface area contributed by atoms with Gasteiger partial charge in [0.2, 0.25) is 0 Å². The third kappa shape index (κ3) is 4.51. The Hall–Kier alpha value is -1.06. The van der Waals surface area contributed by atoms with Gasteiger partial charge in [-0.15, -0.1) is 0 Å². The van der Waals surface area contributed by atoms with Gasteiger partial charge in [-0.2, -0.15) is 0 Å². The van der Waals surface area contributed by atoms with E-state index < -0.39 is 0 Å². The molecular formula is C16H28N2O. The smallest absolute Gasteiger partial charge is 0.120 e. The molecule has 108 valence electrons. The molecule has 0 saturated heterocycles. The number of phenolic OH excluding ortho intramolecular Hbond substituents is 1. The summed E-state index contributed by atoms with van der Waals surface area (Å²) >= 11 is 0. The van der Waals surface area contributed by atoms with E-state index in [1.54, 1.807) is 6.07 Å². The highest BCUT2D eigenvalue weighted by Crippen LogP contribution is 2.30. The molecule has 1 unspecified atom stereocenters. The van der Waals surface area contributed by atoms with E-state index in [0.717, 1.165) is 25.1 Å². The molecule has 19 heavy (non-hydrogen) atoms. The molecule has 3 heteroatoms. The van der Waals surface area contributed by atoms with Crippen molar-refractivity contribution in [1.82, 2.24) is 4.90 Å². The van der Waals surface area contributed by atoms with Crippen molar-refractivity contribution in [1.29, 1.82) is 0 Å². The molecule has 0 heterocycles. The van der Waals surface area contributed by atoms with Crippen LogP contribution in [0, 0.1) is 5.41 Å². The zero-order valence-electron chi connectivity index (χ0n) is 12.7. The third-order valence-corrected chi connectivity index (χ3v) is 3.63. The summed E-state index contributed by atoms with van der Waals surface area (Å²) in [4.78, 5) is 2.40. The Morgan fingerprint density at radius 3 is 2.47 bits per heavy atom. The molecule has 3 N–H and O–H groups in total. The minimum atomic E-state index is 0.0911. The topological polar surface area (TPSA) is 49.5 Å². The SMILES string of the molecule is CCCN(CC(C)(C)CN)C(C)c1ccccc1O. The van der Waals surface area contributed by atoms with E-state index >= 15 is 0 Å². The summed E-state index contributed by atoms with van der Waals surface area (Å²) in [6, 6.07) is 7.79. The summed E-state index contributed by atoms with van der Waals surface area (Å²) in [5.41, 5.74) is 6.92. The largest absolute Gasteiger partial charge is 0.508 e. The van der Waals surface area contributed by atoms with Crippen LogP contribution < -0.4 is 5.73 Å². The van der Waals surface area contributed by atoms with E-state index in [2.05, 4.69) is 32.6 Å². The Bertz CT molecular complexity index is 390. The van der Waals surface area contributed by atoms with E-state index in [1.165, 1.54) is 0 Å².